The van der Waals surface area contributed by atoms with E-state index in [1.807, 2.05) is 0 Å². The van der Waals surface area contributed by atoms with Gasteiger partial charge >= 0.3 is 5.97 Å². The summed E-state index contributed by atoms with van der Waals surface area (Å²) < 4.78 is 41.3. The van der Waals surface area contributed by atoms with Gasteiger partial charge in [-0.05, 0) is 31.0 Å². The van der Waals surface area contributed by atoms with Crippen molar-refractivity contribution in [2.75, 3.05) is 6.61 Å². The molecular weight excluding hydrogens is 319 g/mol. The third kappa shape index (κ3) is 5.28. The lowest BCUT2D eigenvalue weighted by Crippen LogP contribution is -2.09. The van der Waals surface area contributed by atoms with E-state index in [2.05, 4.69) is 6.92 Å². The molecule has 1 rings (SSSR count). The van der Waals surface area contributed by atoms with Gasteiger partial charge in [0.1, 0.15) is 10.7 Å². The van der Waals surface area contributed by atoms with Crippen LogP contribution in [-0.2, 0) is 13.8 Å². The van der Waals surface area contributed by atoms with E-state index in [1.54, 1.807) is 0 Å². The van der Waals surface area contributed by atoms with Gasteiger partial charge in [-0.25, -0.2) is 17.6 Å². The second-order valence-electron chi connectivity index (χ2n) is 4.74. The Kier molecular flexibility index (Phi) is 6.61. The summed E-state index contributed by atoms with van der Waals surface area (Å²) in [5.41, 5.74) is -0.00160. The van der Waals surface area contributed by atoms with Crippen LogP contribution in [0.5, 0.6) is 0 Å². The fourth-order valence-corrected chi connectivity index (χ4v) is 2.79. The summed E-state index contributed by atoms with van der Waals surface area (Å²) in [5, 5.41) is 0. The van der Waals surface area contributed by atoms with Gasteiger partial charge in [-0.3, -0.25) is 0 Å². The number of benzene rings is 1. The Hall–Kier alpha value is -1.14. The van der Waals surface area contributed by atoms with Crippen LogP contribution in [0, 0.1) is 12.7 Å². The molecule has 0 bridgehead atoms. The Morgan fingerprint density at radius 1 is 1.29 bits per heavy atom. The van der Waals surface area contributed by atoms with Crippen molar-refractivity contribution in [3.8, 4) is 0 Å². The van der Waals surface area contributed by atoms with Crippen molar-refractivity contribution < 1.29 is 22.3 Å². The second kappa shape index (κ2) is 7.75. The van der Waals surface area contributed by atoms with Crippen molar-refractivity contribution >= 4 is 25.7 Å². The quantitative estimate of drug-likeness (QED) is 0.431. The van der Waals surface area contributed by atoms with Gasteiger partial charge in [0, 0.05) is 10.7 Å². The standard InChI is InChI=1S/C14H18ClFO4S/c1-3-4-5-6-7-20-14(17)11-8-10(2)13(16)12(9-11)21(15,18)19/h8-9H,3-7H2,1-2H3. The highest BCUT2D eigenvalue weighted by molar-refractivity contribution is 8.13. The lowest BCUT2D eigenvalue weighted by atomic mass is 10.1. The molecule has 0 spiro atoms. The number of aryl methyl sites for hydroxylation is 1. The summed E-state index contributed by atoms with van der Waals surface area (Å²) in [7, 11) is 0.899. The Morgan fingerprint density at radius 3 is 2.52 bits per heavy atom. The van der Waals surface area contributed by atoms with Crippen molar-refractivity contribution in [2.24, 2.45) is 0 Å². The number of hydrogen-bond acceptors (Lipinski definition) is 4. The first-order valence-electron chi connectivity index (χ1n) is 6.69. The topological polar surface area (TPSA) is 60.4 Å². The van der Waals surface area contributed by atoms with Gasteiger partial charge in [0.25, 0.3) is 9.05 Å². The van der Waals surface area contributed by atoms with E-state index < -0.39 is 25.7 Å². The lowest BCUT2D eigenvalue weighted by Gasteiger charge is -2.08. The molecule has 0 aromatic heterocycles. The average Bonchev–Trinajstić information content (AvgIpc) is 2.39. The molecule has 4 nitrogen and oxygen atoms in total. The molecule has 0 aliphatic rings. The van der Waals surface area contributed by atoms with Gasteiger partial charge in [-0.2, -0.15) is 0 Å². The second-order valence-corrected chi connectivity index (χ2v) is 7.27. The van der Waals surface area contributed by atoms with Crippen molar-refractivity contribution in [2.45, 2.75) is 44.4 Å². The summed E-state index contributed by atoms with van der Waals surface area (Å²) >= 11 is 0. The zero-order valence-electron chi connectivity index (χ0n) is 12.0. The molecule has 0 atom stereocenters. The average molecular weight is 337 g/mol. The van der Waals surface area contributed by atoms with E-state index in [-0.39, 0.29) is 17.7 Å². The molecular formula is C14H18ClFO4S. The predicted molar refractivity (Wildman–Crippen MR) is 78.6 cm³/mol. The number of unbranched alkanes of at least 4 members (excludes halogenated alkanes) is 3. The highest BCUT2D eigenvalue weighted by Crippen LogP contribution is 2.24. The molecule has 0 N–H and O–H groups in total. The van der Waals surface area contributed by atoms with Crippen molar-refractivity contribution in [3.05, 3.63) is 29.1 Å². The Labute approximate surface area is 128 Å². The molecule has 118 valence electrons. The van der Waals surface area contributed by atoms with Crippen LogP contribution in [0.3, 0.4) is 0 Å². The van der Waals surface area contributed by atoms with Gasteiger partial charge in [0.2, 0.25) is 0 Å². The number of carbonyl (C=O) groups is 1. The minimum atomic E-state index is -4.26. The van der Waals surface area contributed by atoms with Gasteiger partial charge in [-0.15, -0.1) is 0 Å². The third-order valence-corrected chi connectivity index (χ3v) is 4.27. The molecule has 0 aliphatic carbocycles. The Balaban J connectivity index is 2.84. The highest BCUT2D eigenvalue weighted by atomic mass is 35.7. The lowest BCUT2D eigenvalue weighted by molar-refractivity contribution is 0.0497. The zero-order valence-corrected chi connectivity index (χ0v) is 13.6. The number of esters is 1. The number of rotatable bonds is 7. The maximum atomic E-state index is 13.7. The van der Waals surface area contributed by atoms with Crippen molar-refractivity contribution in [1.29, 1.82) is 0 Å². The fourth-order valence-electron chi connectivity index (χ4n) is 1.81. The molecule has 7 heteroatoms. The minimum Gasteiger partial charge on any atom is -0.462 e. The van der Waals surface area contributed by atoms with E-state index in [4.69, 9.17) is 15.4 Å². The third-order valence-electron chi connectivity index (χ3n) is 2.95. The van der Waals surface area contributed by atoms with Crippen LogP contribution >= 0.6 is 10.7 Å². The van der Waals surface area contributed by atoms with Crippen LogP contribution < -0.4 is 0 Å². The smallest absolute Gasteiger partial charge is 0.338 e. The molecule has 0 aliphatic heterocycles. The van der Waals surface area contributed by atoms with E-state index in [0.29, 0.717) is 0 Å². The van der Waals surface area contributed by atoms with Gasteiger partial charge < -0.3 is 4.74 Å². The summed E-state index contributed by atoms with van der Waals surface area (Å²) in [4.78, 5) is 11.1. The van der Waals surface area contributed by atoms with Crippen LogP contribution in [0.15, 0.2) is 17.0 Å². The van der Waals surface area contributed by atoms with Gasteiger partial charge in [0.15, 0.2) is 0 Å². The number of ether oxygens (including phenoxy) is 1. The van der Waals surface area contributed by atoms with Crippen LogP contribution in [0.25, 0.3) is 0 Å². The maximum Gasteiger partial charge on any atom is 0.338 e. The predicted octanol–water partition coefficient (Wildman–Crippen LogP) is 3.80. The van der Waals surface area contributed by atoms with Gasteiger partial charge in [-0.1, -0.05) is 26.2 Å². The largest absolute Gasteiger partial charge is 0.462 e. The maximum absolute atomic E-state index is 13.7. The Morgan fingerprint density at radius 2 is 1.95 bits per heavy atom. The molecule has 0 radical (unpaired) electrons. The van der Waals surface area contributed by atoms with Crippen LogP contribution in [0.2, 0.25) is 0 Å². The van der Waals surface area contributed by atoms with Crippen molar-refractivity contribution in [3.63, 3.8) is 0 Å². The normalized spacial score (nSPS) is 11.4. The van der Waals surface area contributed by atoms with Crippen LogP contribution in [0.1, 0.15) is 48.5 Å². The zero-order chi connectivity index (χ0) is 16.0. The molecule has 0 amide bonds. The molecule has 21 heavy (non-hydrogen) atoms. The molecule has 0 saturated carbocycles. The first-order chi connectivity index (χ1) is 9.77. The SMILES string of the molecule is CCCCCCOC(=O)c1cc(C)c(F)c(S(=O)(=O)Cl)c1. The summed E-state index contributed by atoms with van der Waals surface area (Å²) in [6.07, 6.45) is 3.82. The number of halogens is 2. The fraction of sp³-hybridized carbons (Fsp3) is 0.500. The van der Waals surface area contributed by atoms with E-state index in [0.717, 1.165) is 31.7 Å². The summed E-state index contributed by atoms with van der Waals surface area (Å²) in [6, 6.07) is 2.15. The van der Waals surface area contributed by atoms with E-state index in [1.165, 1.54) is 13.0 Å². The molecule has 1 aromatic rings. The van der Waals surface area contributed by atoms with Crippen molar-refractivity contribution in [1.82, 2.24) is 0 Å². The molecule has 0 heterocycles. The molecule has 0 unspecified atom stereocenters. The van der Waals surface area contributed by atoms with Crippen LogP contribution in [-0.4, -0.2) is 21.0 Å². The molecule has 0 saturated heterocycles. The van der Waals surface area contributed by atoms with Crippen LogP contribution in [0.4, 0.5) is 4.39 Å². The Bertz CT molecular complexity index is 614. The first kappa shape index (κ1) is 17.9. The highest BCUT2D eigenvalue weighted by Gasteiger charge is 2.21. The summed E-state index contributed by atoms with van der Waals surface area (Å²) in [5.74, 6) is -1.64. The minimum absolute atomic E-state index is 0.0228. The molecule has 0 fully saturated rings. The number of carbonyl (C=O) groups excluding carboxylic acids is 1. The first-order valence-corrected chi connectivity index (χ1v) is 9.00. The number of hydrogen-bond donors (Lipinski definition) is 0. The monoisotopic (exact) mass is 336 g/mol. The van der Waals surface area contributed by atoms with E-state index >= 15 is 0 Å². The van der Waals surface area contributed by atoms with E-state index in [9.17, 15) is 17.6 Å². The molecule has 1 aromatic carbocycles. The summed E-state index contributed by atoms with van der Waals surface area (Å²) in [6.45, 7) is 3.68. The van der Waals surface area contributed by atoms with Gasteiger partial charge in [0.05, 0.1) is 12.2 Å².